The molecule has 5 rings (SSSR count). The molecule has 1 N–H and O–H groups in total. The molecule has 0 saturated heterocycles. The van der Waals surface area contributed by atoms with E-state index in [4.69, 9.17) is 8.92 Å². The summed E-state index contributed by atoms with van der Waals surface area (Å²) >= 11 is 0. The fraction of sp³-hybridized carbons (Fsp3) is 0.556. The molecule has 0 amide bonds. The van der Waals surface area contributed by atoms with Gasteiger partial charge in [0.2, 0.25) is 0 Å². The van der Waals surface area contributed by atoms with Gasteiger partial charge in [-0.1, -0.05) is 37.6 Å². The van der Waals surface area contributed by atoms with Gasteiger partial charge in [-0.2, -0.15) is 8.42 Å². The Hall–Kier alpha value is -1.89. The monoisotopic (exact) mass is 470 g/mol. The van der Waals surface area contributed by atoms with Crippen LogP contribution in [0.3, 0.4) is 0 Å². The first-order valence-electron chi connectivity index (χ1n) is 12.0. The van der Waals surface area contributed by atoms with Crippen LogP contribution < -0.4 is 4.74 Å². The van der Waals surface area contributed by atoms with Crippen molar-refractivity contribution in [3.8, 4) is 5.75 Å². The number of fused-ring (bicyclic) bond motifs is 5. The smallest absolute Gasteiger partial charge is 0.297 e. The van der Waals surface area contributed by atoms with E-state index < -0.39 is 27.2 Å². The van der Waals surface area contributed by atoms with Gasteiger partial charge in [-0.25, -0.2) is 0 Å². The predicted molar refractivity (Wildman–Crippen MR) is 127 cm³/mol. The van der Waals surface area contributed by atoms with Crippen LogP contribution >= 0.6 is 0 Å². The molecule has 3 aliphatic carbocycles. The van der Waals surface area contributed by atoms with Crippen molar-refractivity contribution in [2.75, 3.05) is 7.11 Å². The minimum absolute atomic E-state index is 0.0767. The molecule has 6 heteroatoms. The molecule has 0 aliphatic heterocycles. The molecule has 2 saturated carbocycles. The SMILES string of the molecule is COc1ccc2c(c1)C[C@@H](C)[C@@H]1[C@@H]2CC[C@]2(C)[C@@H](OS(=O)(=O)c3ccc(C)cc3)CC[C@]12O. The molecular formula is C27H34O5S. The van der Waals surface area contributed by atoms with Crippen molar-refractivity contribution < 1.29 is 22.4 Å². The summed E-state index contributed by atoms with van der Waals surface area (Å²) in [6.45, 7) is 6.19. The van der Waals surface area contributed by atoms with Crippen molar-refractivity contribution in [3.05, 3.63) is 59.2 Å². The molecule has 0 radical (unpaired) electrons. The normalized spacial score (nSPS) is 35.4. The minimum Gasteiger partial charge on any atom is -0.497 e. The fourth-order valence-corrected chi connectivity index (χ4v) is 8.33. The lowest BCUT2D eigenvalue weighted by Gasteiger charge is -2.57. The van der Waals surface area contributed by atoms with Crippen LogP contribution in [0.15, 0.2) is 47.4 Å². The second kappa shape index (κ2) is 7.82. The summed E-state index contributed by atoms with van der Waals surface area (Å²) in [5.41, 5.74) is 2.05. The van der Waals surface area contributed by atoms with Crippen molar-refractivity contribution in [1.82, 2.24) is 0 Å². The number of aliphatic hydroxyl groups is 1. The Balaban J connectivity index is 1.46. The molecule has 6 atom stereocenters. The molecule has 2 aromatic carbocycles. The van der Waals surface area contributed by atoms with Gasteiger partial charge in [0, 0.05) is 5.41 Å². The molecule has 0 heterocycles. The van der Waals surface area contributed by atoms with Crippen LogP contribution in [0, 0.1) is 24.2 Å². The number of hydrogen-bond donors (Lipinski definition) is 1. The second-order valence-electron chi connectivity index (χ2n) is 10.6. The van der Waals surface area contributed by atoms with Gasteiger partial charge in [-0.3, -0.25) is 4.18 Å². The molecule has 0 aromatic heterocycles. The topological polar surface area (TPSA) is 72.8 Å². The Bertz CT molecular complexity index is 1160. The van der Waals surface area contributed by atoms with Crippen LogP contribution in [0.5, 0.6) is 5.75 Å². The molecule has 2 fully saturated rings. The van der Waals surface area contributed by atoms with Gasteiger partial charge in [0.1, 0.15) is 5.75 Å². The Kier molecular flexibility index (Phi) is 5.42. The van der Waals surface area contributed by atoms with Crippen LogP contribution in [-0.4, -0.2) is 32.3 Å². The molecule has 0 spiro atoms. The number of ether oxygens (including phenoxy) is 1. The van der Waals surface area contributed by atoms with Gasteiger partial charge in [-0.05, 0) is 92.2 Å². The maximum Gasteiger partial charge on any atom is 0.297 e. The third-order valence-corrected chi connectivity index (χ3v) is 10.2. The first kappa shape index (κ1) is 22.9. The van der Waals surface area contributed by atoms with Crippen molar-refractivity contribution >= 4 is 10.1 Å². The van der Waals surface area contributed by atoms with Gasteiger partial charge >= 0.3 is 0 Å². The van der Waals surface area contributed by atoms with Crippen LogP contribution in [-0.2, 0) is 20.7 Å². The highest BCUT2D eigenvalue weighted by Gasteiger charge is 2.66. The summed E-state index contributed by atoms with van der Waals surface area (Å²) in [4.78, 5) is 0.176. The van der Waals surface area contributed by atoms with Crippen LogP contribution in [0.25, 0.3) is 0 Å². The quantitative estimate of drug-likeness (QED) is 0.637. The molecule has 0 unspecified atom stereocenters. The van der Waals surface area contributed by atoms with Gasteiger partial charge in [0.15, 0.2) is 0 Å². The molecular weight excluding hydrogens is 436 g/mol. The zero-order valence-electron chi connectivity index (χ0n) is 19.9. The van der Waals surface area contributed by atoms with E-state index >= 15 is 0 Å². The Morgan fingerprint density at radius 2 is 1.79 bits per heavy atom. The lowest BCUT2D eigenvalue weighted by Crippen LogP contribution is -2.60. The first-order valence-corrected chi connectivity index (χ1v) is 13.4. The Labute approximate surface area is 197 Å². The van der Waals surface area contributed by atoms with Crippen molar-refractivity contribution in [3.63, 3.8) is 0 Å². The summed E-state index contributed by atoms with van der Waals surface area (Å²) in [5.74, 6) is 1.49. The first-order chi connectivity index (χ1) is 15.6. The minimum atomic E-state index is -3.90. The van der Waals surface area contributed by atoms with E-state index in [0.717, 1.165) is 30.6 Å². The predicted octanol–water partition coefficient (Wildman–Crippen LogP) is 4.99. The van der Waals surface area contributed by atoms with Gasteiger partial charge in [0.05, 0.1) is 23.7 Å². The highest BCUT2D eigenvalue weighted by atomic mass is 32.2. The molecule has 178 valence electrons. The molecule has 0 bridgehead atoms. The molecule has 2 aromatic rings. The third kappa shape index (κ3) is 3.44. The highest BCUT2D eigenvalue weighted by Crippen LogP contribution is 2.65. The molecule has 33 heavy (non-hydrogen) atoms. The van der Waals surface area contributed by atoms with E-state index in [9.17, 15) is 13.5 Å². The van der Waals surface area contributed by atoms with E-state index in [1.165, 1.54) is 11.1 Å². The summed E-state index contributed by atoms with van der Waals surface area (Å²) in [7, 11) is -2.21. The largest absolute Gasteiger partial charge is 0.497 e. The van der Waals surface area contributed by atoms with Gasteiger partial charge in [-0.15, -0.1) is 0 Å². The van der Waals surface area contributed by atoms with Crippen LogP contribution in [0.1, 0.15) is 62.1 Å². The number of benzene rings is 2. The number of rotatable bonds is 4. The second-order valence-corrected chi connectivity index (χ2v) is 12.2. The maximum atomic E-state index is 13.1. The van der Waals surface area contributed by atoms with E-state index in [-0.39, 0.29) is 22.6 Å². The highest BCUT2D eigenvalue weighted by molar-refractivity contribution is 7.86. The van der Waals surface area contributed by atoms with E-state index in [0.29, 0.717) is 12.8 Å². The summed E-state index contributed by atoms with van der Waals surface area (Å²) in [6.07, 6.45) is 3.12. The number of methoxy groups -OCH3 is 1. The Morgan fingerprint density at radius 3 is 2.48 bits per heavy atom. The van der Waals surface area contributed by atoms with Crippen LogP contribution in [0.2, 0.25) is 0 Å². The van der Waals surface area contributed by atoms with Crippen molar-refractivity contribution in [2.45, 2.75) is 75.4 Å². The molecule has 3 aliphatic rings. The van der Waals surface area contributed by atoms with Gasteiger partial charge < -0.3 is 9.84 Å². The summed E-state index contributed by atoms with van der Waals surface area (Å²) in [5, 5.41) is 12.2. The number of hydrogen-bond acceptors (Lipinski definition) is 5. The lowest BCUT2D eigenvalue weighted by atomic mass is 9.50. The van der Waals surface area contributed by atoms with E-state index in [1.807, 2.05) is 19.9 Å². The van der Waals surface area contributed by atoms with Gasteiger partial charge in [0.25, 0.3) is 10.1 Å². The zero-order chi connectivity index (χ0) is 23.6. The van der Waals surface area contributed by atoms with Crippen LogP contribution in [0.4, 0.5) is 0 Å². The maximum absolute atomic E-state index is 13.1. The van der Waals surface area contributed by atoms with E-state index in [2.05, 4.69) is 19.1 Å². The average molecular weight is 471 g/mol. The fourth-order valence-electron chi connectivity index (χ4n) is 7.13. The van der Waals surface area contributed by atoms with E-state index in [1.54, 1.807) is 31.4 Å². The lowest BCUT2D eigenvalue weighted by molar-refractivity contribution is -0.170. The molecule has 5 nitrogen and oxygen atoms in total. The summed E-state index contributed by atoms with van der Waals surface area (Å²) < 4.78 is 37.5. The number of aryl methyl sites for hydroxylation is 1. The summed E-state index contributed by atoms with van der Waals surface area (Å²) in [6, 6.07) is 13.1. The van der Waals surface area contributed by atoms with Crippen molar-refractivity contribution in [1.29, 1.82) is 0 Å². The standard InChI is InChI=1S/C27H34O5S/c1-17-5-8-21(9-6-17)33(29,30)32-24-12-14-27(28)25-18(2)15-19-16-20(31-4)7-10-22(19)23(25)11-13-26(24,27)3/h5-10,16,18,23-25,28H,11-15H2,1-4H3/t18-,23-,24+,25-,26-,27+/m1/s1. The third-order valence-electron chi connectivity index (χ3n) is 8.90. The average Bonchev–Trinajstić information content (AvgIpc) is 3.03. The zero-order valence-corrected chi connectivity index (χ0v) is 20.7. The van der Waals surface area contributed by atoms with Crippen molar-refractivity contribution in [2.24, 2.45) is 17.3 Å². The Morgan fingerprint density at radius 1 is 1.06 bits per heavy atom.